The van der Waals surface area contributed by atoms with Crippen molar-refractivity contribution in [2.45, 2.75) is 18.2 Å². The minimum absolute atomic E-state index is 0.244. The van der Waals surface area contributed by atoms with E-state index in [9.17, 15) is 8.42 Å². The first-order valence-electron chi connectivity index (χ1n) is 6.56. The first-order chi connectivity index (χ1) is 8.97. The number of benzene rings is 1. The number of rotatable bonds is 4. The van der Waals surface area contributed by atoms with Gasteiger partial charge in [0, 0.05) is 36.4 Å². The van der Waals surface area contributed by atoms with Gasteiger partial charge in [-0.2, -0.15) is 11.8 Å². The molecule has 0 spiro atoms. The van der Waals surface area contributed by atoms with Gasteiger partial charge in [0.15, 0.2) is 0 Å². The van der Waals surface area contributed by atoms with Gasteiger partial charge in [-0.15, -0.1) is 0 Å². The minimum Gasteiger partial charge on any atom is -0.293 e. The van der Waals surface area contributed by atoms with Crippen LogP contribution in [0.25, 0.3) is 0 Å². The van der Waals surface area contributed by atoms with Crippen LogP contribution in [0.15, 0.2) is 30.3 Å². The Hall–Kier alpha value is -0.520. The molecule has 1 aliphatic heterocycles. The van der Waals surface area contributed by atoms with Gasteiger partial charge in [0.25, 0.3) is 0 Å². The van der Waals surface area contributed by atoms with Crippen LogP contribution in [0.3, 0.4) is 0 Å². The third kappa shape index (κ3) is 4.23. The van der Waals surface area contributed by atoms with Gasteiger partial charge < -0.3 is 0 Å². The van der Waals surface area contributed by atoms with E-state index in [1.54, 1.807) is 0 Å². The molecule has 0 bridgehead atoms. The third-order valence-corrected chi connectivity index (χ3v) is 5.61. The van der Waals surface area contributed by atoms with Crippen molar-refractivity contribution in [2.75, 3.05) is 30.9 Å². The molecule has 0 amide bonds. The van der Waals surface area contributed by atoms with Crippen LogP contribution in [0.2, 0.25) is 0 Å². The van der Waals surface area contributed by atoms with Gasteiger partial charge in [-0.25, -0.2) is 8.42 Å². The number of sulfone groups is 1. The molecular weight excluding hydrogens is 278 g/mol. The van der Waals surface area contributed by atoms with Crippen LogP contribution in [0, 0.1) is 0 Å². The van der Waals surface area contributed by atoms with Crippen molar-refractivity contribution in [2.24, 2.45) is 0 Å². The molecule has 5 heteroatoms. The molecule has 1 aromatic rings. The Kier molecular flexibility index (Phi) is 4.92. The van der Waals surface area contributed by atoms with Gasteiger partial charge in [0.2, 0.25) is 0 Å². The van der Waals surface area contributed by atoms with Crippen LogP contribution in [-0.2, 0) is 9.84 Å². The zero-order chi connectivity index (χ0) is 13.9. The van der Waals surface area contributed by atoms with E-state index in [2.05, 4.69) is 36.1 Å². The van der Waals surface area contributed by atoms with E-state index < -0.39 is 9.84 Å². The molecule has 1 heterocycles. The Bertz CT molecular complexity index is 501. The molecule has 0 N–H and O–H groups in total. The van der Waals surface area contributed by atoms with Gasteiger partial charge >= 0.3 is 0 Å². The molecule has 106 valence electrons. The van der Waals surface area contributed by atoms with Crippen molar-refractivity contribution in [3.8, 4) is 0 Å². The van der Waals surface area contributed by atoms with E-state index in [1.165, 1.54) is 11.8 Å². The Labute approximate surface area is 120 Å². The van der Waals surface area contributed by atoms with Crippen LogP contribution in [-0.4, -0.2) is 49.4 Å². The highest BCUT2D eigenvalue weighted by Gasteiger charge is 2.30. The molecule has 2 atom stereocenters. The smallest absolute Gasteiger partial charge is 0.148 e. The molecule has 1 saturated heterocycles. The van der Waals surface area contributed by atoms with Crippen LogP contribution in [0.5, 0.6) is 0 Å². The maximum Gasteiger partial charge on any atom is 0.148 e. The Morgan fingerprint density at radius 2 is 2.00 bits per heavy atom. The number of thioether (sulfide) groups is 1. The van der Waals surface area contributed by atoms with Crippen molar-refractivity contribution >= 4 is 21.6 Å². The molecule has 3 nitrogen and oxygen atoms in total. The molecule has 1 aromatic carbocycles. The monoisotopic (exact) mass is 299 g/mol. The first kappa shape index (κ1) is 14.9. The maximum absolute atomic E-state index is 11.4. The van der Waals surface area contributed by atoms with E-state index in [4.69, 9.17) is 0 Å². The molecule has 1 fully saturated rings. The van der Waals surface area contributed by atoms with Crippen molar-refractivity contribution in [3.05, 3.63) is 35.9 Å². The van der Waals surface area contributed by atoms with Gasteiger partial charge in [0.05, 0.1) is 5.75 Å². The van der Waals surface area contributed by atoms with Crippen molar-refractivity contribution < 1.29 is 8.42 Å². The van der Waals surface area contributed by atoms with Crippen LogP contribution >= 0.6 is 11.8 Å². The first-order valence-corrected chi connectivity index (χ1v) is 9.66. The Morgan fingerprint density at radius 1 is 1.32 bits per heavy atom. The average molecular weight is 299 g/mol. The van der Waals surface area contributed by atoms with Gasteiger partial charge in [0.1, 0.15) is 9.84 Å². The fourth-order valence-electron chi connectivity index (χ4n) is 2.55. The molecule has 0 unspecified atom stereocenters. The summed E-state index contributed by atoms with van der Waals surface area (Å²) < 4.78 is 22.7. The Balaban J connectivity index is 2.15. The largest absolute Gasteiger partial charge is 0.293 e. The lowest BCUT2D eigenvalue weighted by atomic mass is 10.0. The molecule has 0 saturated carbocycles. The normalized spacial score (nSPS) is 25.4. The summed E-state index contributed by atoms with van der Waals surface area (Å²) in [6, 6.07) is 10.7. The zero-order valence-electron chi connectivity index (χ0n) is 11.5. The van der Waals surface area contributed by atoms with E-state index in [1.807, 2.05) is 17.8 Å². The number of nitrogens with zero attached hydrogens (tertiary/aromatic N) is 1. The molecule has 1 aliphatic rings. The summed E-state index contributed by atoms with van der Waals surface area (Å²) in [6.07, 6.45) is 1.31. The lowest BCUT2D eigenvalue weighted by Gasteiger charge is -2.39. The SMILES string of the molecule is C[C@@H]1SCCN(CCS(C)(=O)=O)[C@H]1c1ccccc1. The highest BCUT2D eigenvalue weighted by Crippen LogP contribution is 2.35. The third-order valence-electron chi connectivity index (χ3n) is 3.49. The lowest BCUT2D eigenvalue weighted by Crippen LogP contribution is -2.42. The standard InChI is InChI=1S/C14H21NO2S2/c1-12-14(13-6-4-3-5-7-13)15(8-10-18-12)9-11-19(2,16)17/h3-7,12,14H,8-11H2,1-2H3/t12-,14+/m0/s1. The summed E-state index contributed by atoms with van der Waals surface area (Å²) in [6.45, 7) is 3.82. The van der Waals surface area contributed by atoms with Gasteiger partial charge in [-0.1, -0.05) is 37.3 Å². The quantitative estimate of drug-likeness (QED) is 0.854. The molecule has 0 radical (unpaired) electrons. The van der Waals surface area contributed by atoms with Gasteiger partial charge in [-0.3, -0.25) is 4.90 Å². The van der Waals surface area contributed by atoms with Crippen LogP contribution in [0.4, 0.5) is 0 Å². The van der Waals surface area contributed by atoms with E-state index in [0.717, 1.165) is 12.3 Å². The highest BCUT2D eigenvalue weighted by atomic mass is 32.2. The maximum atomic E-state index is 11.4. The van der Waals surface area contributed by atoms with E-state index >= 15 is 0 Å². The van der Waals surface area contributed by atoms with Crippen LogP contribution < -0.4 is 0 Å². The second kappa shape index (κ2) is 6.29. The van der Waals surface area contributed by atoms with Crippen LogP contribution in [0.1, 0.15) is 18.5 Å². The van der Waals surface area contributed by atoms with Crippen molar-refractivity contribution in [3.63, 3.8) is 0 Å². The number of hydrogen-bond acceptors (Lipinski definition) is 4. The summed E-state index contributed by atoms with van der Waals surface area (Å²) >= 11 is 1.97. The predicted molar refractivity (Wildman–Crippen MR) is 82.4 cm³/mol. The molecule has 0 aromatic heterocycles. The Morgan fingerprint density at radius 3 is 2.63 bits per heavy atom. The molecule has 0 aliphatic carbocycles. The second-order valence-corrected chi connectivity index (χ2v) is 8.84. The second-order valence-electron chi connectivity index (χ2n) is 5.10. The summed E-state index contributed by atoms with van der Waals surface area (Å²) in [5.41, 5.74) is 1.29. The predicted octanol–water partition coefficient (Wildman–Crippen LogP) is 2.21. The summed E-state index contributed by atoms with van der Waals surface area (Å²) in [7, 11) is -2.90. The zero-order valence-corrected chi connectivity index (χ0v) is 13.1. The summed E-state index contributed by atoms with van der Waals surface area (Å²) in [4.78, 5) is 2.32. The number of hydrogen-bond donors (Lipinski definition) is 0. The highest BCUT2D eigenvalue weighted by molar-refractivity contribution is 8.00. The minimum atomic E-state index is -2.90. The summed E-state index contributed by atoms with van der Waals surface area (Å²) in [5, 5.41) is 0.496. The fourth-order valence-corrected chi connectivity index (χ4v) is 4.34. The topological polar surface area (TPSA) is 37.4 Å². The van der Waals surface area contributed by atoms with E-state index in [-0.39, 0.29) is 5.75 Å². The molecule has 2 rings (SSSR count). The molecule has 19 heavy (non-hydrogen) atoms. The fraction of sp³-hybridized carbons (Fsp3) is 0.571. The average Bonchev–Trinajstić information content (AvgIpc) is 2.36. The van der Waals surface area contributed by atoms with Crippen molar-refractivity contribution in [1.82, 2.24) is 4.90 Å². The van der Waals surface area contributed by atoms with Gasteiger partial charge in [-0.05, 0) is 5.56 Å². The van der Waals surface area contributed by atoms with E-state index in [0.29, 0.717) is 17.8 Å². The lowest BCUT2D eigenvalue weighted by molar-refractivity contribution is 0.213. The molecular formula is C14H21NO2S2. The van der Waals surface area contributed by atoms with Crippen molar-refractivity contribution in [1.29, 1.82) is 0 Å². The summed E-state index contributed by atoms with van der Waals surface area (Å²) in [5.74, 6) is 1.32.